The maximum atomic E-state index is 14.0. The molecule has 1 aromatic carbocycles. The Morgan fingerprint density at radius 2 is 2.18 bits per heavy atom. The summed E-state index contributed by atoms with van der Waals surface area (Å²) in [4.78, 5) is 2.11. The van der Waals surface area contributed by atoms with E-state index in [1.165, 1.54) is 12.1 Å². The van der Waals surface area contributed by atoms with E-state index in [1.807, 2.05) is 18.5 Å². The molecule has 1 aliphatic rings. The van der Waals surface area contributed by atoms with Crippen molar-refractivity contribution < 1.29 is 13.5 Å². The first kappa shape index (κ1) is 15.1. The summed E-state index contributed by atoms with van der Waals surface area (Å²) < 4.78 is 34.6. The van der Waals surface area contributed by atoms with Crippen LogP contribution in [0.2, 0.25) is 0 Å². The first-order valence-corrected chi connectivity index (χ1v) is 7.20. The number of aromatic nitrogens is 3. The zero-order valence-electron chi connectivity index (χ0n) is 12.5. The minimum Gasteiger partial charge on any atom is -0.368 e. The van der Waals surface area contributed by atoms with Crippen molar-refractivity contribution in [3.8, 4) is 0 Å². The third-order valence-corrected chi connectivity index (χ3v) is 4.09. The third-order valence-electron chi connectivity index (χ3n) is 4.09. The van der Waals surface area contributed by atoms with Crippen molar-refractivity contribution in [1.82, 2.24) is 19.7 Å². The molecule has 22 heavy (non-hydrogen) atoms. The van der Waals surface area contributed by atoms with Crippen molar-refractivity contribution in [2.45, 2.75) is 19.1 Å². The van der Waals surface area contributed by atoms with Crippen LogP contribution in [0.5, 0.6) is 0 Å². The second-order valence-electron chi connectivity index (χ2n) is 5.50. The quantitative estimate of drug-likeness (QED) is 0.872. The van der Waals surface area contributed by atoms with Gasteiger partial charge < -0.3 is 9.30 Å². The van der Waals surface area contributed by atoms with E-state index in [2.05, 4.69) is 15.1 Å². The Labute approximate surface area is 127 Å². The average Bonchev–Trinajstić information content (AvgIpc) is 2.93. The average molecular weight is 308 g/mol. The van der Waals surface area contributed by atoms with E-state index < -0.39 is 11.6 Å². The maximum Gasteiger partial charge on any atom is 0.163 e. The van der Waals surface area contributed by atoms with Crippen LogP contribution in [0, 0.1) is 11.6 Å². The van der Waals surface area contributed by atoms with E-state index in [0.29, 0.717) is 25.3 Å². The van der Waals surface area contributed by atoms with Gasteiger partial charge in [0.15, 0.2) is 5.82 Å². The van der Waals surface area contributed by atoms with E-state index in [4.69, 9.17) is 4.74 Å². The van der Waals surface area contributed by atoms with Crippen molar-refractivity contribution in [3.63, 3.8) is 0 Å². The van der Waals surface area contributed by atoms with E-state index in [-0.39, 0.29) is 12.1 Å². The summed E-state index contributed by atoms with van der Waals surface area (Å²) in [5, 5.41) is 7.93. The Bertz CT molecular complexity index is 661. The Morgan fingerprint density at radius 3 is 2.86 bits per heavy atom. The van der Waals surface area contributed by atoms with Crippen LogP contribution < -0.4 is 0 Å². The Morgan fingerprint density at radius 1 is 1.36 bits per heavy atom. The van der Waals surface area contributed by atoms with Gasteiger partial charge in [-0.25, -0.2) is 8.78 Å². The number of aryl methyl sites for hydroxylation is 1. The molecule has 0 unspecified atom stereocenters. The van der Waals surface area contributed by atoms with Crippen LogP contribution in [-0.2, 0) is 11.8 Å². The van der Waals surface area contributed by atoms with Crippen LogP contribution >= 0.6 is 0 Å². The van der Waals surface area contributed by atoms with E-state index in [9.17, 15) is 8.78 Å². The second kappa shape index (κ2) is 6.10. The number of ether oxygens (including phenoxy) is 1. The first-order chi connectivity index (χ1) is 10.6. The Hall–Kier alpha value is -1.86. The summed E-state index contributed by atoms with van der Waals surface area (Å²) in [5.74, 6) is -0.335. The van der Waals surface area contributed by atoms with Gasteiger partial charge in [0.2, 0.25) is 0 Å². The van der Waals surface area contributed by atoms with Crippen LogP contribution in [0.15, 0.2) is 24.5 Å². The number of morpholine rings is 1. The molecule has 5 nitrogen and oxygen atoms in total. The molecule has 2 heterocycles. The number of rotatable bonds is 3. The normalized spacial score (nSPS) is 21.0. The predicted octanol–water partition coefficient (Wildman–Crippen LogP) is 2.23. The molecule has 2 atom stereocenters. The summed E-state index contributed by atoms with van der Waals surface area (Å²) in [6.45, 7) is 3.72. The van der Waals surface area contributed by atoms with Gasteiger partial charge in [0.05, 0.1) is 6.61 Å². The third kappa shape index (κ3) is 2.86. The molecular formula is C15H18F2N4O. The standard InChI is InChI=1S/C15H18F2N4O/c1-10(12-4-3-11(16)7-13(12)17)21-5-6-22-14(8-21)15-19-18-9-20(15)2/h3-4,7,9-10,14H,5-6,8H2,1-2H3/t10-,14-/m0/s1. The highest BCUT2D eigenvalue weighted by atomic mass is 19.1. The SMILES string of the molecule is C[C@@H](c1ccc(F)cc1F)N1CCO[C@H](c2nncn2C)C1. The molecule has 0 radical (unpaired) electrons. The zero-order valence-corrected chi connectivity index (χ0v) is 12.5. The largest absolute Gasteiger partial charge is 0.368 e. The topological polar surface area (TPSA) is 43.2 Å². The number of hydrogen-bond donors (Lipinski definition) is 0. The van der Waals surface area contributed by atoms with Gasteiger partial charge in [-0.15, -0.1) is 10.2 Å². The van der Waals surface area contributed by atoms with E-state index in [1.54, 1.807) is 6.33 Å². The number of nitrogens with zero attached hydrogens (tertiary/aromatic N) is 4. The van der Waals surface area contributed by atoms with Crippen LogP contribution in [-0.4, -0.2) is 39.4 Å². The molecule has 1 fully saturated rings. The van der Waals surface area contributed by atoms with Crippen LogP contribution in [0.3, 0.4) is 0 Å². The molecule has 0 amide bonds. The molecule has 1 aromatic heterocycles. The molecular weight excluding hydrogens is 290 g/mol. The van der Waals surface area contributed by atoms with Gasteiger partial charge in [0.1, 0.15) is 24.1 Å². The molecule has 1 aliphatic heterocycles. The van der Waals surface area contributed by atoms with Crippen LogP contribution in [0.1, 0.15) is 30.5 Å². The lowest BCUT2D eigenvalue weighted by atomic mass is 10.0. The minimum absolute atomic E-state index is 0.166. The Balaban J connectivity index is 1.78. The highest BCUT2D eigenvalue weighted by Gasteiger charge is 2.29. The molecule has 0 bridgehead atoms. The minimum atomic E-state index is -0.563. The monoisotopic (exact) mass is 308 g/mol. The molecule has 3 rings (SSSR count). The van der Waals surface area contributed by atoms with Crippen molar-refractivity contribution in [2.75, 3.05) is 19.7 Å². The fraction of sp³-hybridized carbons (Fsp3) is 0.467. The summed E-state index contributed by atoms with van der Waals surface area (Å²) >= 11 is 0. The fourth-order valence-corrected chi connectivity index (χ4v) is 2.80. The van der Waals surface area contributed by atoms with Gasteiger partial charge in [-0.1, -0.05) is 6.07 Å². The van der Waals surface area contributed by atoms with Crippen molar-refractivity contribution >= 4 is 0 Å². The lowest BCUT2D eigenvalue weighted by molar-refractivity contribution is -0.0487. The number of halogens is 2. The molecule has 2 aromatic rings. The molecule has 0 aliphatic carbocycles. The second-order valence-corrected chi connectivity index (χ2v) is 5.50. The summed E-state index contributed by atoms with van der Waals surface area (Å²) in [7, 11) is 1.86. The summed E-state index contributed by atoms with van der Waals surface area (Å²) in [6, 6.07) is 3.55. The highest BCUT2D eigenvalue weighted by Crippen LogP contribution is 2.29. The smallest absolute Gasteiger partial charge is 0.163 e. The van der Waals surface area contributed by atoms with Crippen molar-refractivity contribution in [2.24, 2.45) is 7.05 Å². The van der Waals surface area contributed by atoms with Gasteiger partial charge >= 0.3 is 0 Å². The lowest BCUT2D eigenvalue weighted by Crippen LogP contribution is -2.40. The number of benzene rings is 1. The lowest BCUT2D eigenvalue weighted by Gasteiger charge is -2.36. The molecule has 7 heteroatoms. The predicted molar refractivity (Wildman–Crippen MR) is 76.0 cm³/mol. The van der Waals surface area contributed by atoms with E-state index in [0.717, 1.165) is 11.9 Å². The van der Waals surface area contributed by atoms with Gasteiger partial charge in [0, 0.05) is 37.8 Å². The zero-order chi connectivity index (χ0) is 15.7. The fourth-order valence-electron chi connectivity index (χ4n) is 2.80. The summed E-state index contributed by atoms with van der Waals surface area (Å²) in [6.07, 6.45) is 1.42. The molecule has 0 saturated carbocycles. The maximum absolute atomic E-state index is 14.0. The number of hydrogen-bond acceptors (Lipinski definition) is 4. The van der Waals surface area contributed by atoms with Crippen molar-refractivity contribution in [3.05, 3.63) is 47.5 Å². The summed E-state index contributed by atoms with van der Waals surface area (Å²) in [5.41, 5.74) is 0.486. The van der Waals surface area contributed by atoms with E-state index >= 15 is 0 Å². The van der Waals surface area contributed by atoms with Crippen molar-refractivity contribution in [1.29, 1.82) is 0 Å². The first-order valence-electron chi connectivity index (χ1n) is 7.20. The van der Waals surface area contributed by atoms with Gasteiger partial charge in [-0.05, 0) is 13.0 Å². The molecule has 118 valence electrons. The van der Waals surface area contributed by atoms with Gasteiger partial charge in [-0.2, -0.15) is 0 Å². The highest BCUT2D eigenvalue weighted by molar-refractivity contribution is 5.22. The molecule has 0 N–H and O–H groups in total. The molecule has 0 spiro atoms. The van der Waals surface area contributed by atoms with Crippen LogP contribution in [0.4, 0.5) is 8.78 Å². The Kier molecular flexibility index (Phi) is 4.17. The molecule has 1 saturated heterocycles. The van der Waals surface area contributed by atoms with Gasteiger partial charge in [0.25, 0.3) is 0 Å². The van der Waals surface area contributed by atoms with Gasteiger partial charge in [-0.3, -0.25) is 4.90 Å². The van der Waals surface area contributed by atoms with Crippen LogP contribution in [0.25, 0.3) is 0 Å².